The van der Waals surface area contributed by atoms with Gasteiger partial charge in [-0.1, -0.05) is 12.1 Å². The topological polar surface area (TPSA) is 55.1 Å². The van der Waals surface area contributed by atoms with E-state index in [4.69, 9.17) is 0 Å². The Morgan fingerprint density at radius 3 is 2.68 bits per heavy atom. The summed E-state index contributed by atoms with van der Waals surface area (Å²) >= 11 is 3.39. The van der Waals surface area contributed by atoms with E-state index in [0.29, 0.717) is 10.2 Å². The van der Waals surface area contributed by atoms with E-state index in [-0.39, 0.29) is 0 Å². The van der Waals surface area contributed by atoms with Crippen molar-refractivity contribution in [2.75, 3.05) is 0 Å². The van der Waals surface area contributed by atoms with Crippen LogP contribution in [-0.2, 0) is 10.2 Å². The highest BCUT2D eigenvalue weighted by atomic mass is 79.9. The first-order valence-corrected chi connectivity index (χ1v) is 6.68. The van der Waals surface area contributed by atoms with Crippen LogP contribution in [0.1, 0.15) is 25.1 Å². The number of aromatic nitrogens is 2. The maximum absolute atomic E-state index is 11.3. The van der Waals surface area contributed by atoms with Crippen molar-refractivity contribution in [3.05, 3.63) is 46.2 Å². The first kappa shape index (κ1) is 13.8. The number of aryl methyl sites for hydroxylation is 1. The molecule has 2 rings (SSSR count). The second-order valence-corrected chi connectivity index (χ2v) is 5.89. The summed E-state index contributed by atoms with van der Waals surface area (Å²) in [5, 5.41) is 13.7. The number of rotatable bonds is 3. The summed E-state index contributed by atoms with van der Waals surface area (Å²) in [6.45, 7) is 5.29. The lowest BCUT2D eigenvalue weighted by atomic mass is 9.90. The molecule has 0 aliphatic carbocycles. The van der Waals surface area contributed by atoms with Gasteiger partial charge in [0, 0.05) is 6.20 Å². The molecule has 0 bridgehead atoms. The molecule has 1 heterocycles. The first-order chi connectivity index (χ1) is 8.82. The van der Waals surface area contributed by atoms with E-state index in [0.717, 1.165) is 11.3 Å². The molecule has 5 heteroatoms. The molecule has 0 saturated heterocycles. The molecule has 0 unspecified atom stereocenters. The zero-order valence-electron chi connectivity index (χ0n) is 11.0. The fourth-order valence-electron chi connectivity index (χ4n) is 1.78. The van der Waals surface area contributed by atoms with Gasteiger partial charge in [0.1, 0.15) is 5.41 Å². The van der Waals surface area contributed by atoms with Crippen molar-refractivity contribution >= 4 is 21.9 Å². The van der Waals surface area contributed by atoms with Crippen LogP contribution in [0.25, 0.3) is 5.69 Å². The third-order valence-corrected chi connectivity index (χ3v) is 3.64. The molecule has 1 N–H and O–H groups in total. The van der Waals surface area contributed by atoms with Crippen molar-refractivity contribution in [3.63, 3.8) is 0 Å². The van der Waals surface area contributed by atoms with Crippen molar-refractivity contribution in [1.82, 2.24) is 9.78 Å². The monoisotopic (exact) mass is 322 g/mol. The van der Waals surface area contributed by atoms with Crippen molar-refractivity contribution in [3.8, 4) is 5.69 Å². The summed E-state index contributed by atoms with van der Waals surface area (Å²) in [6, 6.07) is 7.88. The Balaban J connectivity index is 2.50. The maximum Gasteiger partial charge on any atom is 0.315 e. The molecule has 0 aliphatic rings. The predicted molar refractivity (Wildman–Crippen MR) is 76.7 cm³/mol. The minimum absolute atomic E-state index is 0.515. The van der Waals surface area contributed by atoms with Gasteiger partial charge in [0.25, 0.3) is 0 Å². The highest BCUT2D eigenvalue weighted by molar-refractivity contribution is 9.10. The van der Waals surface area contributed by atoms with Crippen molar-refractivity contribution in [2.24, 2.45) is 0 Å². The van der Waals surface area contributed by atoms with Gasteiger partial charge in [-0.3, -0.25) is 4.79 Å². The number of nitrogens with zero attached hydrogens (tertiary/aromatic N) is 2. The normalized spacial score (nSPS) is 11.6. The van der Waals surface area contributed by atoms with Crippen molar-refractivity contribution in [1.29, 1.82) is 0 Å². The van der Waals surface area contributed by atoms with E-state index in [1.807, 2.05) is 31.2 Å². The Morgan fingerprint density at radius 1 is 1.42 bits per heavy atom. The molecule has 2 aromatic rings. The molecular weight excluding hydrogens is 308 g/mol. The van der Waals surface area contributed by atoms with E-state index < -0.39 is 11.4 Å². The third-order valence-electron chi connectivity index (χ3n) is 3.06. The van der Waals surface area contributed by atoms with Gasteiger partial charge in [0.05, 0.1) is 15.9 Å². The quantitative estimate of drug-likeness (QED) is 0.943. The van der Waals surface area contributed by atoms with Gasteiger partial charge >= 0.3 is 5.97 Å². The van der Waals surface area contributed by atoms with Gasteiger partial charge in [0.2, 0.25) is 0 Å². The molecule has 19 heavy (non-hydrogen) atoms. The Hall–Kier alpha value is -1.62. The highest BCUT2D eigenvalue weighted by Gasteiger charge is 2.34. The van der Waals surface area contributed by atoms with Crippen LogP contribution >= 0.6 is 15.9 Å². The lowest BCUT2D eigenvalue weighted by Crippen LogP contribution is -2.29. The van der Waals surface area contributed by atoms with E-state index in [2.05, 4.69) is 21.0 Å². The number of hydrogen-bond donors (Lipinski definition) is 1. The van der Waals surface area contributed by atoms with Crippen LogP contribution in [0.3, 0.4) is 0 Å². The number of hydrogen-bond acceptors (Lipinski definition) is 2. The standard InChI is InChI=1S/C14H15BrN2O2/c1-9-5-4-6-10(7-9)17-8-11(15)12(16-17)14(2,3)13(18)19/h4-8H,1-3H3,(H,18,19). The van der Waals surface area contributed by atoms with Crippen LogP contribution in [0.15, 0.2) is 34.9 Å². The number of benzene rings is 1. The largest absolute Gasteiger partial charge is 0.481 e. The van der Waals surface area contributed by atoms with Crippen LogP contribution in [0.2, 0.25) is 0 Å². The van der Waals surface area contributed by atoms with Gasteiger partial charge in [-0.15, -0.1) is 0 Å². The lowest BCUT2D eigenvalue weighted by molar-refractivity contribution is -0.142. The average Bonchev–Trinajstić information content (AvgIpc) is 2.72. The number of aliphatic carboxylic acids is 1. The molecule has 0 fully saturated rings. The predicted octanol–water partition coefficient (Wildman–Crippen LogP) is 3.31. The minimum Gasteiger partial charge on any atom is -0.481 e. The summed E-state index contributed by atoms with van der Waals surface area (Å²) in [5.74, 6) is -0.900. The smallest absolute Gasteiger partial charge is 0.315 e. The maximum atomic E-state index is 11.3. The molecule has 4 nitrogen and oxygen atoms in total. The fraction of sp³-hybridized carbons (Fsp3) is 0.286. The van der Waals surface area contributed by atoms with Gasteiger partial charge < -0.3 is 5.11 Å². The van der Waals surface area contributed by atoms with Crippen molar-refractivity contribution in [2.45, 2.75) is 26.2 Å². The second kappa shape index (κ2) is 4.81. The van der Waals surface area contributed by atoms with E-state index in [1.54, 1.807) is 24.7 Å². The average molecular weight is 323 g/mol. The molecule has 0 aliphatic heterocycles. The van der Waals surface area contributed by atoms with E-state index in [1.165, 1.54) is 0 Å². The molecule has 0 radical (unpaired) electrons. The number of carboxylic acid groups (broad SMARTS) is 1. The number of carboxylic acids is 1. The summed E-state index contributed by atoms with van der Waals surface area (Å²) in [5.41, 5.74) is 1.52. The summed E-state index contributed by atoms with van der Waals surface area (Å²) < 4.78 is 2.39. The molecule has 100 valence electrons. The second-order valence-electron chi connectivity index (χ2n) is 5.04. The zero-order valence-corrected chi connectivity index (χ0v) is 12.6. The molecular formula is C14H15BrN2O2. The molecule has 0 atom stereocenters. The van der Waals surface area contributed by atoms with Crippen LogP contribution in [-0.4, -0.2) is 20.9 Å². The van der Waals surface area contributed by atoms with Gasteiger partial charge in [-0.25, -0.2) is 4.68 Å². The summed E-state index contributed by atoms with van der Waals surface area (Å²) in [7, 11) is 0. The summed E-state index contributed by atoms with van der Waals surface area (Å²) in [4.78, 5) is 11.3. The SMILES string of the molecule is Cc1cccc(-n2cc(Br)c(C(C)(C)C(=O)O)n2)c1. The molecule has 1 aromatic carbocycles. The van der Waals surface area contributed by atoms with Gasteiger partial charge in [-0.05, 0) is 54.4 Å². The molecule has 0 amide bonds. The molecule has 0 saturated carbocycles. The molecule has 0 spiro atoms. The Bertz CT molecular complexity index is 632. The van der Waals surface area contributed by atoms with Crippen LogP contribution < -0.4 is 0 Å². The Morgan fingerprint density at radius 2 is 2.11 bits per heavy atom. The third kappa shape index (κ3) is 2.56. The Labute approximate surface area is 120 Å². The first-order valence-electron chi connectivity index (χ1n) is 5.88. The minimum atomic E-state index is -1.03. The van der Waals surface area contributed by atoms with Crippen LogP contribution in [0.4, 0.5) is 0 Å². The molecule has 1 aromatic heterocycles. The van der Waals surface area contributed by atoms with Gasteiger partial charge in [-0.2, -0.15) is 5.10 Å². The number of carbonyl (C=O) groups is 1. The van der Waals surface area contributed by atoms with Crippen LogP contribution in [0.5, 0.6) is 0 Å². The van der Waals surface area contributed by atoms with Gasteiger partial charge in [0.15, 0.2) is 0 Å². The van der Waals surface area contributed by atoms with Crippen LogP contribution in [0, 0.1) is 6.92 Å². The summed E-state index contributed by atoms with van der Waals surface area (Å²) in [6.07, 6.45) is 1.79. The fourth-order valence-corrected chi connectivity index (χ4v) is 2.55. The zero-order chi connectivity index (χ0) is 14.2. The van der Waals surface area contributed by atoms with Crippen molar-refractivity contribution < 1.29 is 9.90 Å². The lowest BCUT2D eigenvalue weighted by Gasteiger charge is -2.16. The highest BCUT2D eigenvalue weighted by Crippen LogP contribution is 2.30. The number of halogens is 1. The van der Waals surface area contributed by atoms with E-state index >= 15 is 0 Å². The Kier molecular flexibility index (Phi) is 3.49. The van der Waals surface area contributed by atoms with E-state index in [9.17, 15) is 9.90 Å².